The molecule has 6 nitrogen and oxygen atoms in total. The maximum absolute atomic E-state index is 12.4. The van der Waals surface area contributed by atoms with E-state index in [0.29, 0.717) is 5.57 Å². The van der Waals surface area contributed by atoms with Crippen molar-refractivity contribution in [1.29, 1.82) is 0 Å². The number of anilines is 3. The zero-order chi connectivity index (χ0) is 18.2. The lowest BCUT2D eigenvalue weighted by Gasteiger charge is -2.28. The molecule has 1 saturated heterocycles. The third-order valence-electron chi connectivity index (χ3n) is 4.89. The topological polar surface area (TPSA) is 66.5 Å². The molecule has 0 radical (unpaired) electrons. The van der Waals surface area contributed by atoms with E-state index in [1.807, 2.05) is 29.8 Å². The molecule has 3 aromatic rings. The molecule has 0 bridgehead atoms. The molecule has 2 N–H and O–H groups in total. The van der Waals surface area contributed by atoms with Crippen LogP contribution in [0.15, 0.2) is 48.1 Å². The number of hydrogen-bond acceptors (Lipinski definition) is 6. The van der Waals surface area contributed by atoms with E-state index in [-0.39, 0.29) is 5.91 Å². The number of hydrogen-bond donors (Lipinski definition) is 2. The summed E-state index contributed by atoms with van der Waals surface area (Å²) in [7, 11) is 0. The Morgan fingerprint density at radius 2 is 1.96 bits per heavy atom. The lowest BCUT2D eigenvalue weighted by molar-refractivity contribution is -0.110. The predicted octanol–water partition coefficient (Wildman–Crippen LogP) is 3.54. The molecule has 1 fully saturated rings. The van der Waals surface area contributed by atoms with E-state index in [4.69, 9.17) is 4.74 Å². The van der Waals surface area contributed by atoms with Gasteiger partial charge in [-0.1, -0.05) is 0 Å². The number of carbonyl (C=O) groups excluding carboxylic acids is 1. The number of aromatic nitrogens is 1. The summed E-state index contributed by atoms with van der Waals surface area (Å²) in [6.45, 7) is 3.37. The number of thiazole rings is 1. The molecule has 2 aliphatic heterocycles. The standard InChI is InChI=1S/C20H18N4O2S/c25-20-15(18-16(23-20)5-6-17-19(18)27-12-22-17)11-21-13-1-3-14(4-2-13)24-7-9-26-10-8-24/h1-6,11-12,21H,7-10H2,(H,23,25)/b15-11+. The van der Waals surface area contributed by atoms with E-state index in [2.05, 4.69) is 32.7 Å². The van der Waals surface area contributed by atoms with Crippen LogP contribution >= 0.6 is 11.3 Å². The highest BCUT2D eigenvalue weighted by Gasteiger charge is 2.27. The summed E-state index contributed by atoms with van der Waals surface area (Å²) in [4.78, 5) is 19.1. The van der Waals surface area contributed by atoms with Gasteiger partial charge in [0, 0.05) is 36.2 Å². The summed E-state index contributed by atoms with van der Waals surface area (Å²) in [6, 6.07) is 12.1. The first-order chi connectivity index (χ1) is 13.3. The van der Waals surface area contributed by atoms with Crippen LogP contribution in [-0.2, 0) is 9.53 Å². The first kappa shape index (κ1) is 16.3. The molecule has 7 heteroatoms. The van der Waals surface area contributed by atoms with Crippen LogP contribution in [-0.4, -0.2) is 37.2 Å². The lowest BCUT2D eigenvalue weighted by Crippen LogP contribution is -2.36. The van der Waals surface area contributed by atoms with Crippen molar-refractivity contribution in [2.45, 2.75) is 0 Å². The minimum absolute atomic E-state index is 0.0941. The van der Waals surface area contributed by atoms with Crippen molar-refractivity contribution in [2.75, 3.05) is 41.8 Å². The molecule has 0 spiro atoms. The number of nitrogens with zero attached hydrogens (tertiary/aromatic N) is 2. The van der Waals surface area contributed by atoms with Crippen LogP contribution in [0.25, 0.3) is 15.8 Å². The number of amides is 1. The average molecular weight is 378 g/mol. The van der Waals surface area contributed by atoms with E-state index >= 15 is 0 Å². The third kappa shape index (κ3) is 2.94. The quantitative estimate of drug-likeness (QED) is 0.683. The molecule has 2 aromatic carbocycles. The van der Waals surface area contributed by atoms with Gasteiger partial charge in [0.2, 0.25) is 0 Å². The van der Waals surface area contributed by atoms with Crippen LogP contribution in [0.4, 0.5) is 17.1 Å². The number of carbonyl (C=O) groups is 1. The van der Waals surface area contributed by atoms with Crippen molar-refractivity contribution < 1.29 is 9.53 Å². The van der Waals surface area contributed by atoms with Gasteiger partial charge in [0.1, 0.15) is 0 Å². The summed E-state index contributed by atoms with van der Waals surface area (Å²) >= 11 is 1.55. The van der Waals surface area contributed by atoms with Gasteiger partial charge in [-0.05, 0) is 36.4 Å². The van der Waals surface area contributed by atoms with Crippen LogP contribution in [0.3, 0.4) is 0 Å². The molecule has 1 amide bonds. The smallest absolute Gasteiger partial charge is 0.257 e. The van der Waals surface area contributed by atoms with E-state index in [1.165, 1.54) is 5.69 Å². The highest BCUT2D eigenvalue weighted by molar-refractivity contribution is 7.17. The highest BCUT2D eigenvalue weighted by atomic mass is 32.1. The second kappa shape index (κ2) is 6.68. The Morgan fingerprint density at radius 3 is 2.78 bits per heavy atom. The molecule has 2 aliphatic rings. The van der Waals surface area contributed by atoms with Gasteiger partial charge in [-0.2, -0.15) is 0 Å². The Kier molecular flexibility index (Phi) is 4.03. The number of rotatable bonds is 3. The van der Waals surface area contributed by atoms with Crippen molar-refractivity contribution in [3.05, 3.63) is 53.7 Å². The summed E-state index contributed by atoms with van der Waals surface area (Å²) < 4.78 is 6.43. The predicted molar refractivity (Wildman–Crippen MR) is 109 cm³/mol. The molecule has 0 atom stereocenters. The fraction of sp³-hybridized carbons (Fsp3) is 0.200. The number of benzene rings is 2. The van der Waals surface area contributed by atoms with Gasteiger partial charge in [-0.15, -0.1) is 11.3 Å². The summed E-state index contributed by atoms with van der Waals surface area (Å²) in [5.41, 5.74) is 7.26. The van der Waals surface area contributed by atoms with Crippen LogP contribution in [0.5, 0.6) is 0 Å². The summed E-state index contributed by atoms with van der Waals surface area (Å²) in [6.07, 6.45) is 1.78. The molecular formula is C20H18N4O2S. The molecule has 136 valence electrons. The largest absolute Gasteiger partial charge is 0.378 e. The van der Waals surface area contributed by atoms with Gasteiger partial charge < -0.3 is 20.3 Å². The first-order valence-electron chi connectivity index (χ1n) is 8.87. The Hall–Kier alpha value is -2.90. The zero-order valence-corrected chi connectivity index (χ0v) is 15.4. The maximum Gasteiger partial charge on any atom is 0.257 e. The fourth-order valence-corrected chi connectivity index (χ4v) is 4.34. The van der Waals surface area contributed by atoms with Gasteiger partial charge in [0.05, 0.1) is 40.2 Å². The summed E-state index contributed by atoms with van der Waals surface area (Å²) in [5, 5.41) is 6.19. The Balaban J connectivity index is 1.40. The average Bonchev–Trinajstić information content (AvgIpc) is 3.31. The third-order valence-corrected chi connectivity index (χ3v) is 5.75. The van der Waals surface area contributed by atoms with Crippen LogP contribution in [0.1, 0.15) is 5.56 Å². The number of fused-ring (bicyclic) bond motifs is 3. The number of nitrogens with one attached hydrogen (secondary N) is 2. The fourth-order valence-electron chi connectivity index (χ4n) is 3.49. The molecule has 0 unspecified atom stereocenters. The van der Waals surface area contributed by atoms with Gasteiger partial charge >= 0.3 is 0 Å². The second-order valence-electron chi connectivity index (χ2n) is 6.49. The van der Waals surface area contributed by atoms with E-state index < -0.39 is 0 Å². The van der Waals surface area contributed by atoms with Crippen LogP contribution < -0.4 is 15.5 Å². The lowest BCUT2D eigenvalue weighted by atomic mass is 10.1. The Labute approximate surface area is 160 Å². The molecule has 3 heterocycles. The van der Waals surface area contributed by atoms with Crippen molar-refractivity contribution in [3.63, 3.8) is 0 Å². The minimum atomic E-state index is -0.0941. The normalized spacial score (nSPS) is 18.0. The molecule has 0 saturated carbocycles. The first-order valence-corrected chi connectivity index (χ1v) is 9.75. The maximum atomic E-state index is 12.4. The molecule has 0 aliphatic carbocycles. The van der Waals surface area contributed by atoms with Gasteiger partial charge in [0.15, 0.2) is 0 Å². The van der Waals surface area contributed by atoms with Crippen LogP contribution in [0.2, 0.25) is 0 Å². The van der Waals surface area contributed by atoms with Crippen molar-refractivity contribution in [3.8, 4) is 0 Å². The molecule has 1 aromatic heterocycles. The molecule has 27 heavy (non-hydrogen) atoms. The van der Waals surface area contributed by atoms with Gasteiger partial charge in [-0.3, -0.25) is 4.79 Å². The van der Waals surface area contributed by atoms with Crippen LogP contribution in [0, 0.1) is 0 Å². The monoisotopic (exact) mass is 378 g/mol. The number of ether oxygens (including phenoxy) is 1. The van der Waals surface area contributed by atoms with Crippen molar-refractivity contribution in [2.24, 2.45) is 0 Å². The zero-order valence-electron chi connectivity index (χ0n) is 14.6. The summed E-state index contributed by atoms with van der Waals surface area (Å²) in [5.74, 6) is -0.0941. The SMILES string of the molecule is O=C1Nc2ccc3ncsc3c2/C1=C\Nc1ccc(N2CCOCC2)cc1. The number of morpholine rings is 1. The Bertz CT molecular complexity index is 1040. The van der Waals surface area contributed by atoms with Crippen molar-refractivity contribution in [1.82, 2.24) is 4.98 Å². The Morgan fingerprint density at radius 1 is 1.15 bits per heavy atom. The van der Waals surface area contributed by atoms with Gasteiger partial charge in [0.25, 0.3) is 5.91 Å². The van der Waals surface area contributed by atoms with E-state index in [1.54, 1.807) is 17.5 Å². The highest BCUT2D eigenvalue weighted by Crippen LogP contribution is 2.39. The van der Waals surface area contributed by atoms with E-state index in [0.717, 1.165) is 53.5 Å². The molecular weight excluding hydrogens is 360 g/mol. The van der Waals surface area contributed by atoms with Crippen molar-refractivity contribution >= 4 is 50.1 Å². The molecule has 5 rings (SSSR count). The van der Waals surface area contributed by atoms with Gasteiger partial charge in [-0.25, -0.2) is 4.98 Å². The second-order valence-corrected chi connectivity index (χ2v) is 7.35. The van der Waals surface area contributed by atoms with E-state index in [9.17, 15) is 4.79 Å². The minimum Gasteiger partial charge on any atom is -0.378 e.